The van der Waals surface area contributed by atoms with Crippen molar-refractivity contribution in [3.05, 3.63) is 23.0 Å². The summed E-state index contributed by atoms with van der Waals surface area (Å²) in [7, 11) is 0. The molecule has 0 aliphatic carbocycles. The van der Waals surface area contributed by atoms with Crippen LogP contribution in [0.25, 0.3) is 11.4 Å². The van der Waals surface area contributed by atoms with Crippen LogP contribution in [0.2, 0.25) is 5.02 Å². The number of hydrogen-bond donors (Lipinski definition) is 3. The number of halogens is 1. The number of rotatable bonds is 2. The van der Waals surface area contributed by atoms with E-state index in [-0.39, 0.29) is 34.6 Å². The molecular weight excluding hydrogens is 234 g/mol. The summed E-state index contributed by atoms with van der Waals surface area (Å²) >= 11 is 5.86. The van der Waals surface area contributed by atoms with Crippen LogP contribution in [0.1, 0.15) is 5.89 Å². The van der Waals surface area contributed by atoms with Crippen LogP contribution in [-0.2, 0) is 6.54 Å². The monoisotopic (exact) mass is 241 g/mol. The first-order valence-corrected chi connectivity index (χ1v) is 4.74. The van der Waals surface area contributed by atoms with Crippen molar-refractivity contribution in [3.63, 3.8) is 0 Å². The third-order valence-corrected chi connectivity index (χ3v) is 2.29. The van der Waals surface area contributed by atoms with Crippen LogP contribution in [0, 0.1) is 0 Å². The molecule has 4 N–H and O–H groups in total. The zero-order valence-electron chi connectivity index (χ0n) is 8.01. The lowest BCUT2D eigenvalue weighted by Gasteiger charge is -2.03. The lowest BCUT2D eigenvalue weighted by atomic mass is 10.1. The number of benzene rings is 1. The zero-order chi connectivity index (χ0) is 11.7. The molecule has 0 atom stereocenters. The SMILES string of the molecule is NCc1nc(-c2c(Cl)ccc(O)c2O)no1. The highest BCUT2D eigenvalue weighted by atomic mass is 35.5. The Morgan fingerprint density at radius 3 is 2.75 bits per heavy atom. The van der Waals surface area contributed by atoms with Gasteiger partial charge < -0.3 is 20.5 Å². The predicted molar refractivity (Wildman–Crippen MR) is 56.0 cm³/mol. The Balaban J connectivity index is 2.58. The molecule has 0 aliphatic heterocycles. The van der Waals surface area contributed by atoms with Gasteiger partial charge in [-0.05, 0) is 12.1 Å². The van der Waals surface area contributed by atoms with Crippen molar-refractivity contribution in [2.45, 2.75) is 6.54 Å². The minimum absolute atomic E-state index is 0.0823. The van der Waals surface area contributed by atoms with Crippen molar-refractivity contribution in [1.29, 1.82) is 0 Å². The predicted octanol–water partition coefficient (Wildman–Crippen LogP) is 1.26. The molecule has 0 saturated carbocycles. The molecule has 0 bridgehead atoms. The first-order valence-electron chi connectivity index (χ1n) is 4.37. The molecule has 6 nitrogen and oxygen atoms in total. The van der Waals surface area contributed by atoms with Crippen molar-refractivity contribution < 1.29 is 14.7 Å². The molecule has 1 heterocycles. The van der Waals surface area contributed by atoms with Crippen LogP contribution in [-0.4, -0.2) is 20.4 Å². The van der Waals surface area contributed by atoms with Gasteiger partial charge in [0.25, 0.3) is 0 Å². The number of nitrogens with two attached hydrogens (primary N) is 1. The molecule has 0 unspecified atom stereocenters. The average Bonchev–Trinajstić information content (AvgIpc) is 2.73. The summed E-state index contributed by atoms with van der Waals surface area (Å²) in [5.41, 5.74) is 5.42. The van der Waals surface area contributed by atoms with Crippen molar-refractivity contribution in [1.82, 2.24) is 10.1 Å². The summed E-state index contributed by atoms with van der Waals surface area (Å²) in [5.74, 6) is -0.400. The summed E-state index contributed by atoms with van der Waals surface area (Å²) in [6.45, 7) is 0.0875. The van der Waals surface area contributed by atoms with E-state index in [0.717, 1.165) is 0 Å². The fraction of sp³-hybridized carbons (Fsp3) is 0.111. The van der Waals surface area contributed by atoms with Crippen molar-refractivity contribution in [2.24, 2.45) is 5.73 Å². The molecule has 2 rings (SSSR count). The molecule has 0 amide bonds. The third kappa shape index (κ3) is 1.68. The molecule has 0 saturated heterocycles. The first kappa shape index (κ1) is 10.7. The molecule has 1 aromatic carbocycles. The Kier molecular flexibility index (Phi) is 2.67. The number of phenolic OH excluding ortho intramolecular Hbond substituents is 2. The Morgan fingerprint density at radius 1 is 1.38 bits per heavy atom. The van der Waals surface area contributed by atoms with E-state index in [0.29, 0.717) is 0 Å². The van der Waals surface area contributed by atoms with Gasteiger partial charge in [-0.15, -0.1) is 0 Å². The zero-order valence-corrected chi connectivity index (χ0v) is 8.77. The quantitative estimate of drug-likeness (QED) is 0.684. The van der Waals surface area contributed by atoms with Crippen LogP contribution in [0.5, 0.6) is 11.5 Å². The second kappa shape index (κ2) is 3.99. The van der Waals surface area contributed by atoms with E-state index >= 15 is 0 Å². The minimum atomic E-state index is -0.392. The Morgan fingerprint density at radius 2 is 2.12 bits per heavy atom. The molecule has 0 fully saturated rings. The van der Waals surface area contributed by atoms with Crippen LogP contribution in [0.4, 0.5) is 0 Å². The lowest BCUT2D eigenvalue weighted by Crippen LogP contribution is -1.95. The second-order valence-electron chi connectivity index (χ2n) is 3.01. The molecule has 16 heavy (non-hydrogen) atoms. The number of aromatic nitrogens is 2. The maximum atomic E-state index is 9.63. The highest BCUT2D eigenvalue weighted by Gasteiger charge is 2.18. The van der Waals surface area contributed by atoms with Crippen molar-refractivity contribution >= 4 is 11.6 Å². The van der Waals surface area contributed by atoms with E-state index in [9.17, 15) is 10.2 Å². The smallest absolute Gasteiger partial charge is 0.240 e. The summed E-state index contributed by atoms with van der Waals surface area (Å²) in [6, 6.07) is 2.69. The molecule has 7 heteroatoms. The average molecular weight is 242 g/mol. The Labute approximate surface area is 95.3 Å². The molecule has 0 aliphatic rings. The molecule has 1 aromatic heterocycles. The third-order valence-electron chi connectivity index (χ3n) is 1.97. The topological polar surface area (TPSA) is 105 Å². The van der Waals surface area contributed by atoms with Gasteiger partial charge in [-0.3, -0.25) is 0 Å². The fourth-order valence-corrected chi connectivity index (χ4v) is 1.44. The maximum Gasteiger partial charge on any atom is 0.240 e. The number of hydrogen-bond acceptors (Lipinski definition) is 6. The van der Waals surface area contributed by atoms with Crippen molar-refractivity contribution in [2.75, 3.05) is 0 Å². The van der Waals surface area contributed by atoms with E-state index in [1.54, 1.807) is 0 Å². The van der Waals surface area contributed by atoms with Crippen LogP contribution in [0.3, 0.4) is 0 Å². The van der Waals surface area contributed by atoms with E-state index < -0.39 is 5.75 Å². The molecule has 2 aromatic rings. The van der Waals surface area contributed by atoms with E-state index in [4.69, 9.17) is 21.9 Å². The molecular formula is C9H8ClN3O3. The summed E-state index contributed by atoms with van der Waals surface area (Å²) in [4.78, 5) is 3.90. The van der Waals surface area contributed by atoms with Gasteiger partial charge in [0.05, 0.1) is 17.1 Å². The molecule has 84 valence electrons. The molecule has 0 radical (unpaired) electrons. The normalized spacial score (nSPS) is 10.6. The van der Waals surface area contributed by atoms with Gasteiger partial charge in [0.2, 0.25) is 11.7 Å². The first-order chi connectivity index (χ1) is 7.63. The van der Waals surface area contributed by atoms with Gasteiger partial charge in [-0.2, -0.15) is 4.98 Å². The van der Waals surface area contributed by atoms with Crippen LogP contribution < -0.4 is 5.73 Å². The van der Waals surface area contributed by atoms with Gasteiger partial charge in [0.15, 0.2) is 11.5 Å². The van der Waals surface area contributed by atoms with Gasteiger partial charge in [0, 0.05) is 0 Å². The van der Waals surface area contributed by atoms with Gasteiger partial charge in [-0.25, -0.2) is 0 Å². The van der Waals surface area contributed by atoms with Gasteiger partial charge >= 0.3 is 0 Å². The van der Waals surface area contributed by atoms with Crippen molar-refractivity contribution in [3.8, 4) is 22.9 Å². The largest absolute Gasteiger partial charge is 0.504 e. The van der Waals surface area contributed by atoms with Gasteiger partial charge in [-0.1, -0.05) is 16.8 Å². The minimum Gasteiger partial charge on any atom is -0.504 e. The van der Waals surface area contributed by atoms with E-state index in [1.807, 2.05) is 0 Å². The summed E-state index contributed by atoms with van der Waals surface area (Å²) in [6.07, 6.45) is 0. The Hall–Kier alpha value is -1.79. The fourth-order valence-electron chi connectivity index (χ4n) is 1.21. The maximum absolute atomic E-state index is 9.63. The summed E-state index contributed by atoms with van der Waals surface area (Å²) in [5, 5.41) is 22.8. The van der Waals surface area contributed by atoms with Crippen LogP contribution in [0.15, 0.2) is 16.7 Å². The number of phenols is 2. The highest BCUT2D eigenvalue weighted by molar-refractivity contribution is 6.33. The van der Waals surface area contributed by atoms with Gasteiger partial charge in [0.1, 0.15) is 0 Å². The standard InChI is InChI=1S/C9H8ClN3O3/c10-4-1-2-5(14)8(15)7(4)9-12-6(3-11)16-13-9/h1-2,14-15H,3,11H2. The molecule has 0 spiro atoms. The van der Waals surface area contributed by atoms with E-state index in [1.165, 1.54) is 12.1 Å². The number of nitrogens with zero attached hydrogens (tertiary/aromatic N) is 2. The lowest BCUT2D eigenvalue weighted by molar-refractivity contribution is 0.379. The van der Waals surface area contributed by atoms with E-state index in [2.05, 4.69) is 10.1 Å². The Bertz CT molecular complexity index is 527. The van der Waals surface area contributed by atoms with Crippen LogP contribution >= 0.6 is 11.6 Å². The summed E-state index contributed by atoms with van der Waals surface area (Å²) < 4.78 is 4.78. The number of aromatic hydroxyl groups is 2. The highest BCUT2D eigenvalue weighted by Crippen LogP contribution is 2.40. The second-order valence-corrected chi connectivity index (χ2v) is 3.41.